The molecule has 0 saturated carbocycles. The van der Waals surface area contributed by atoms with Gasteiger partial charge < -0.3 is 9.73 Å². The second kappa shape index (κ2) is 7.76. The van der Waals surface area contributed by atoms with Gasteiger partial charge in [0.2, 0.25) is 10.0 Å². The van der Waals surface area contributed by atoms with Crippen molar-refractivity contribution < 1.29 is 12.8 Å². The van der Waals surface area contributed by atoms with Crippen LogP contribution in [0, 0.1) is 5.92 Å². The van der Waals surface area contributed by atoms with Crippen LogP contribution >= 0.6 is 15.9 Å². The van der Waals surface area contributed by atoms with Gasteiger partial charge in [-0.3, -0.25) is 0 Å². The van der Waals surface area contributed by atoms with Crippen molar-refractivity contribution in [2.24, 2.45) is 5.92 Å². The van der Waals surface area contributed by atoms with Crippen LogP contribution in [0.15, 0.2) is 20.0 Å². The van der Waals surface area contributed by atoms with Gasteiger partial charge in [-0.2, -0.15) is 0 Å². The van der Waals surface area contributed by atoms with Crippen molar-refractivity contribution in [3.63, 3.8) is 0 Å². The maximum atomic E-state index is 12.4. The second-order valence-electron chi connectivity index (χ2n) is 5.68. The molecule has 122 valence electrons. The van der Waals surface area contributed by atoms with E-state index in [2.05, 4.69) is 26.0 Å². The Labute approximate surface area is 136 Å². The van der Waals surface area contributed by atoms with Crippen molar-refractivity contribution in [2.75, 3.05) is 0 Å². The summed E-state index contributed by atoms with van der Waals surface area (Å²) in [6, 6.07) is 1.74. The Balaban J connectivity index is 2.88. The highest BCUT2D eigenvalue weighted by molar-refractivity contribution is 9.10. The fourth-order valence-electron chi connectivity index (χ4n) is 1.75. The summed E-state index contributed by atoms with van der Waals surface area (Å²) < 4.78 is 33.2. The smallest absolute Gasteiger partial charge is 0.245 e. The van der Waals surface area contributed by atoms with Gasteiger partial charge in [0.25, 0.3) is 0 Å². The van der Waals surface area contributed by atoms with Crippen molar-refractivity contribution in [2.45, 2.75) is 64.6 Å². The molecule has 1 heterocycles. The molecule has 1 rings (SSSR count). The molecule has 0 radical (unpaired) electrons. The number of hydrogen-bond donors (Lipinski definition) is 2. The highest BCUT2D eigenvalue weighted by Crippen LogP contribution is 2.26. The van der Waals surface area contributed by atoms with Crippen molar-refractivity contribution in [3.8, 4) is 0 Å². The molecular formula is C14H25BrN2O3S. The summed E-state index contributed by atoms with van der Waals surface area (Å²) in [6.07, 6.45) is 0.916. The van der Waals surface area contributed by atoms with E-state index in [1.165, 1.54) is 0 Å². The molecule has 0 amide bonds. The zero-order chi connectivity index (χ0) is 16.2. The van der Waals surface area contributed by atoms with Crippen LogP contribution in [-0.4, -0.2) is 20.5 Å². The number of hydrogen-bond acceptors (Lipinski definition) is 4. The molecule has 7 heteroatoms. The quantitative estimate of drug-likeness (QED) is 0.725. The van der Waals surface area contributed by atoms with Gasteiger partial charge in [0, 0.05) is 18.2 Å². The first-order valence-electron chi connectivity index (χ1n) is 7.21. The highest BCUT2D eigenvalue weighted by Gasteiger charge is 2.25. The topological polar surface area (TPSA) is 71.3 Å². The molecule has 2 unspecified atom stereocenters. The largest absolute Gasteiger partial charge is 0.452 e. The van der Waals surface area contributed by atoms with Gasteiger partial charge >= 0.3 is 0 Å². The third-order valence-corrected chi connectivity index (χ3v) is 5.93. The predicted octanol–water partition coefficient (Wildman–Crippen LogP) is 3.25. The molecule has 0 bridgehead atoms. The Morgan fingerprint density at radius 2 is 1.90 bits per heavy atom. The molecule has 1 aromatic rings. The number of halogens is 1. The summed E-state index contributed by atoms with van der Waals surface area (Å²) in [5, 5.41) is 3.19. The fourth-order valence-corrected chi connectivity index (χ4v) is 4.10. The molecule has 21 heavy (non-hydrogen) atoms. The van der Waals surface area contributed by atoms with E-state index in [1.54, 1.807) is 6.07 Å². The number of nitrogens with one attached hydrogen (secondary N) is 2. The molecule has 0 aliphatic rings. The van der Waals surface area contributed by atoms with Crippen molar-refractivity contribution in [1.29, 1.82) is 0 Å². The summed E-state index contributed by atoms with van der Waals surface area (Å²) in [7, 11) is -3.58. The van der Waals surface area contributed by atoms with Gasteiger partial charge in [-0.05, 0) is 28.8 Å². The maximum Gasteiger partial charge on any atom is 0.245 e. The van der Waals surface area contributed by atoms with Crippen LogP contribution in [0.5, 0.6) is 0 Å². The highest BCUT2D eigenvalue weighted by atomic mass is 79.9. The van der Waals surface area contributed by atoms with E-state index in [1.807, 2.05) is 34.6 Å². The zero-order valence-corrected chi connectivity index (χ0v) is 15.6. The lowest BCUT2D eigenvalue weighted by atomic mass is 10.0. The van der Waals surface area contributed by atoms with Gasteiger partial charge in [-0.25, -0.2) is 13.1 Å². The monoisotopic (exact) mass is 380 g/mol. The first-order chi connectivity index (χ1) is 9.67. The van der Waals surface area contributed by atoms with Crippen LogP contribution in [-0.2, 0) is 16.6 Å². The Morgan fingerprint density at radius 1 is 1.29 bits per heavy atom. The molecule has 0 aliphatic heterocycles. The Bertz CT molecular complexity index is 555. The first-order valence-corrected chi connectivity index (χ1v) is 9.48. The zero-order valence-electron chi connectivity index (χ0n) is 13.2. The Kier molecular flexibility index (Phi) is 6.90. The molecule has 0 saturated heterocycles. The van der Waals surface area contributed by atoms with Crippen LogP contribution in [0.2, 0.25) is 0 Å². The van der Waals surface area contributed by atoms with Crippen LogP contribution in [0.3, 0.4) is 0 Å². The number of furan rings is 1. The summed E-state index contributed by atoms with van der Waals surface area (Å²) >= 11 is 3.19. The van der Waals surface area contributed by atoms with E-state index >= 15 is 0 Å². The van der Waals surface area contributed by atoms with Gasteiger partial charge in [0.05, 0.1) is 6.54 Å². The first kappa shape index (κ1) is 18.7. The Morgan fingerprint density at radius 3 is 2.43 bits per heavy atom. The normalized spacial score (nSPS) is 15.4. The molecule has 5 nitrogen and oxygen atoms in total. The van der Waals surface area contributed by atoms with Crippen LogP contribution < -0.4 is 10.0 Å². The lowest BCUT2D eigenvalue weighted by molar-refractivity contribution is 0.431. The average Bonchev–Trinajstić information content (AvgIpc) is 2.77. The summed E-state index contributed by atoms with van der Waals surface area (Å²) in [5.41, 5.74) is 0. The minimum Gasteiger partial charge on any atom is -0.452 e. The Hall–Kier alpha value is -0.370. The molecule has 1 aromatic heterocycles. The minimum atomic E-state index is -3.58. The summed E-state index contributed by atoms with van der Waals surface area (Å²) in [6.45, 7) is 10.5. The average molecular weight is 381 g/mol. The van der Waals surface area contributed by atoms with Crippen molar-refractivity contribution in [1.82, 2.24) is 10.0 Å². The standard InChI is InChI=1S/C14H25BrN2O3S/c1-6-10(4)11(5)17-21(18,19)13-7-12(20-14(13)15)8-16-9(2)3/h7,9-11,16-17H,6,8H2,1-5H3. The molecule has 0 aromatic carbocycles. The van der Waals surface area contributed by atoms with Crippen LogP contribution in [0.1, 0.15) is 46.8 Å². The van der Waals surface area contributed by atoms with E-state index in [0.29, 0.717) is 18.3 Å². The number of sulfonamides is 1. The molecule has 0 spiro atoms. The van der Waals surface area contributed by atoms with Gasteiger partial charge in [0.15, 0.2) is 4.67 Å². The third kappa shape index (κ3) is 5.39. The number of rotatable bonds is 8. The lowest BCUT2D eigenvalue weighted by Crippen LogP contribution is -2.36. The third-order valence-electron chi connectivity index (χ3n) is 3.52. The molecule has 2 atom stereocenters. The van der Waals surface area contributed by atoms with E-state index in [0.717, 1.165) is 6.42 Å². The lowest BCUT2D eigenvalue weighted by Gasteiger charge is -2.19. The predicted molar refractivity (Wildman–Crippen MR) is 87.6 cm³/mol. The SMILES string of the molecule is CCC(C)C(C)NS(=O)(=O)c1cc(CNC(C)C)oc1Br. The molecule has 0 fully saturated rings. The maximum absolute atomic E-state index is 12.4. The van der Waals surface area contributed by atoms with E-state index in [-0.39, 0.29) is 21.5 Å². The second-order valence-corrected chi connectivity index (χ2v) is 8.08. The summed E-state index contributed by atoms with van der Waals surface area (Å²) in [5.74, 6) is 0.861. The molecule has 0 aliphatic carbocycles. The molecule has 2 N–H and O–H groups in total. The molecular weight excluding hydrogens is 356 g/mol. The van der Waals surface area contributed by atoms with E-state index < -0.39 is 10.0 Å². The minimum absolute atomic E-state index is 0.126. The van der Waals surface area contributed by atoms with Crippen molar-refractivity contribution in [3.05, 3.63) is 16.5 Å². The van der Waals surface area contributed by atoms with E-state index in [4.69, 9.17) is 4.42 Å². The van der Waals surface area contributed by atoms with Gasteiger partial charge in [0.1, 0.15) is 10.7 Å². The fraction of sp³-hybridized carbons (Fsp3) is 0.714. The van der Waals surface area contributed by atoms with Crippen LogP contribution in [0.25, 0.3) is 0 Å². The summed E-state index contributed by atoms with van der Waals surface area (Å²) in [4.78, 5) is 0.151. The van der Waals surface area contributed by atoms with Crippen LogP contribution in [0.4, 0.5) is 0 Å². The van der Waals surface area contributed by atoms with Crippen molar-refractivity contribution >= 4 is 26.0 Å². The van der Waals surface area contributed by atoms with Gasteiger partial charge in [-0.1, -0.05) is 34.1 Å². The van der Waals surface area contributed by atoms with E-state index in [9.17, 15) is 8.42 Å². The van der Waals surface area contributed by atoms with Gasteiger partial charge in [-0.15, -0.1) is 0 Å².